The molecule has 1 aliphatic heterocycles. The van der Waals surface area contributed by atoms with Crippen molar-refractivity contribution in [1.29, 1.82) is 0 Å². The minimum atomic E-state index is -2.04. The van der Waals surface area contributed by atoms with Crippen LogP contribution >= 0.6 is 0 Å². The van der Waals surface area contributed by atoms with E-state index in [4.69, 9.17) is 13.9 Å². The molecule has 1 heterocycles. The fourth-order valence-corrected chi connectivity index (χ4v) is 6.99. The Bertz CT molecular complexity index is 846. The van der Waals surface area contributed by atoms with Gasteiger partial charge in [-0.05, 0) is 74.7 Å². The van der Waals surface area contributed by atoms with Gasteiger partial charge in [-0.1, -0.05) is 20.8 Å². The van der Waals surface area contributed by atoms with Crippen molar-refractivity contribution in [1.82, 2.24) is 0 Å². The molecule has 3 aliphatic carbocycles. The van der Waals surface area contributed by atoms with Crippen LogP contribution in [0.2, 0.25) is 18.1 Å². The van der Waals surface area contributed by atoms with Gasteiger partial charge < -0.3 is 13.9 Å². The predicted octanol–water partition coefficient (Wildman–Crippen LogP) is 6.02. The van der Waals surface area contributed by atoms with Gasteiger partial charge in [0.05, 0.1) is 12.4 Å². The monoisotopic (exact) mass is 446 g/mol. The Morgan fingerprint density at radius 2 is 1.77 bits per heavy atom. The van der Waals surface area contributed by atoms with E-state index >= 15 is 0 Å². The summed E-state index contributed by atoms with van der Waals surface area (Å²) in [7, 11) is -2.04. The lowest BCUT2D eigenvalue weighted by molar-refractivity contribution is -0.182. The summed E-state index contributed by atoms with van der Waals surface area (Å²) in [6, 6.07) is 0. The summed E-state index contributed by atoms with van der Waals surface area (Å²) in [6.07, 6.45) is 7.07. The van der Waals surface area contributed by atoms with Crippen LogP contribution in [-0.2, 0) is 23.5 Å². The van der Waals surface area contributed by atoms with Crippen LogP contribution in [0.3, 0.4) is 0 Å². The highest BCUT2D eigenvalue weighted by atomic mass is 28.4. The van der Waals surface area contributed by atoms with E-state index in [-0.39, 0.29) is 29.5 Å². The summed E-state index contributed by atoms with van der Waals surface area (Å²) >= 11 is 0. The number of rotatable bonds is 4. The lowest BCUT2D eigenvalue weighted by Crippen LogP contribution is -2.58. The van der Waals surface area contributed by atoms with Gasteiger partial charge in [0, 0.05) is 24.7 Å². The van der Waals surface area contributed by atoms with Crippen molar-refractivity contribution in [3.63, 3.8) is 0 Å². The predicted molar refractivity (Wildman–Crippen MR) is 121 cm³/mol. The molecule has 4 rings (SSSR count). The van der Waals surface area contributed by atoms with Gasteiger partial charge in [-0.25, -0.2) is 0 Å². The van der Waals surface area contributed by atoms with Crippen molar-refractivity contribution in [2.45, 2.75) is 97.2 Å². The first-order valence-corrected chi connectivity index (χ1v) is 15.0. The molecule has 0 aromatic rings. The van der Waals surface area contributed by atoms with Crippen molar-refractivity contribution >= 4 is 20.3 Å². The highest BCUT2D eigenvalue weighted by Crippen LogP contribution is 2.62. The number of hydrogen-bond donors (Lipinski definition) is 0. The maximum atomic E-state index is 13.6. The van der Waals surface area contributed by atoms with E-state index in [0.29, 0.717) is 6.42 Å². The smallest absolute Gasteiger partial charge is 0.329 e. The molecule has 3 atom stereocenters. The summed E-state index contributed by atoms with van der Waals surface area (Å²) in [4.78, 5) is 27.1. The topological polar surface area (TPSA) is 61.8 Å². The summed E-state index contributed by atoms with van der Waals surface area (Å²) in [5.41, 5.74) is 1.10. The molecular weight excluding hydrogens is 408 g/mol. The third-order valence-corrected chi connectivity index (χ3v) is 12.8. The van der Waals surface area contributed by atoms with Crippen molar-refractivity contribution in [3.8, 4) is 0 Å². The highest BCUT2D eigenvalue weighted by molar-refractivity contribution is 6.74. The van der Waals surface area contributed by atoms with Crippen molar-refractivity contribution in [3.05, 3.63) is 22.7 Å². The molecule has 0 aromatic carbocycles. The van der Waals surface area contributed by atoms with Gasteiger partial charge in [0.2, 0.25) is 8.32 Å². The van der Waals surface area contributed by atoms with Crippen LogP contribution in [0, 0.1) is 17.3 Å². The van der Waals surface area contributed by atoms with E-state index in [1.54, 1.807) is 0 Å². The van der Waals surface area contributed by atoms with Gasteiger partial charge in [-0.2, -0.15) is 0 Å². The van der Waals surface area contributed by atoms with Crippen LogP contribution in [0.5, 0.6) is 0 Å². The Labute approximate surface area is 187 Å². The second-order valence-corrected chi connectivity index (χ2v) is 15.9. The van der Waals surface area contributed by atoms with E-state index in [9.17, 15) is 9.59 Å². The zero-order valence-electron chi connectivity index (χ0n) is 20.1. The summed E-state index contributed by atoms with van der Waals surface area (Å²) in [6.45, 7) is 13.4. The second kappa shape index (κ2) is 7.79. The molecule has 0 saturated heterocycles. The minimum absolute atomic E-state index is 0.0884. The van der Waals surface area contributed by atoms with Crippen molar-refractivity contribution in [2.24, 2.45) is 17.3 Å². The third kappa shape index (κ3) is 3.40. The van der Waals surface area contributed by atoms with Gasteiger partial charge >= 0.3 is 11.9 Å². The van der Waals surface area contributed by atoms with Crippen molar-refractivity contribution in [2.75, 3.05) is 6.61 Å². The standard InChI is InChI=1S/C25H38O5Si/c1-7-28-22(26)25-18-13-10-12-16(18)21(30-31(5,6)24(2,3)4)15-19(25)17-11-8-9-14-20(17)29-23(25)27/h18-19H,7-15H2,1-6H3. The molecule has 3 unspecified atom stereocenters. The number of fused-ring (bicyclic) bond motifs is 4. The van der Waals surface area contributed by atoms with Gasteiger partial charge in [0.1, 0.15) is 5.76 Å². The summed E-state index contributed by atoms with van der Waals surface area (Å²) in [5, 5.41) is 0.0884. The number of allylic oxidation sites excluding steroid dienone is 4. The van der Waals surface area contributed by atoms with Crippen LogP contribution in [0.4, 0.5) is 0 Å². The Balaban J connectivity index is 1.86. The molecule has 31 heavy (non-hydrogen) atoms. The molecule has 4 aliphatic rings. The molecule has 1 saturated carbocycles. The second-order valence-electron chi connectivity index (χ2n) is 11.1. The van der Waals surface area contributed by atoms with E-state index in [0.717, 1.165) is 56.5 Å². The van der Waals surface area contributed by atoms with Crippen LogP contribution in [0.1, 0.15) is 79.1 Å². The molecule has 172 valence electrons. The maximum absolute atomic E-state index is 13.6. The molecule has 0 radical (unpaired) electrons. The molecule has 0 spiro atoms. The van der Waals surface area contributed by atoms with Gasteiger partial charge in [0.15, 0.2) is 5.41 Å². The molecular formula is C25H38O5Si. The van der Waals surface area contributed by atoms with Gasteiger partial charge in [-0.3, -0.25) is 9.59 Å². The lowest BCUT2D eigenvalue weighted by Gasteiger charge is -2.50. The quantitative estimate of drug-likeness (QED) is 0.300. The highest BCUT2D eigenvalue weighted by Gasteiger charge is 2.67. The van der Waals surface area contributed by atoms with E-state index in [1.165, 1.54) is 11.1 Å². The Morgan fingerprint density at radius 3 is 2.45 bits per heavy atom. The molecule has 6 heteroatoms. The van der Waals surface area contributed by atoms with E-state index in [1.807, 2.05) is 6.92 Å². The minimum Gasteiger partial charge on any atom is -0.547 e. The number of ether oxygens (including phenoxy) is 2. The first-order valence-electron chi connectivity index (χ1n) is 12.1. The summed E-state index contributed by atoms with van der Waals surface area (Å²) in [5.74, 6) is 0.731. The average molecular weight is 447 g/mol. The number of carbonyl (C=O) groups is 2. The van der Waals surface area contributed by atoms with Gasteiger partial charge in [-0.15, -0.1) is 0 Å². The van der Waals surface area contributed by atoms with Gasteiger partial charge in [0.25, 0.3) is 0 Å². The Hall–Kier alpha value is -1.56. The number of esters is 2. The zero-order valence-corrected chi connectivity index (χ0v) is 21.1. The molecule has 0 N–H and O–H groups in total. The Kier molecular flexibility index (Phi) is 5.68. The maximum Gasteiger partial charge on any atom is 0.329 e. The molecule has 0 aromatic heterocycles. The first kappa shape index (κ1) is 22.6. The van der Waals surface area contributed by atoms with E-state index < -0.39 is 19.7 Å². The van der Waals surface area contributed by atoms with E-state index in [2.05, 4.69) is 33.9 Å². The summed E-state index contributed by atoms with van der Waals surface area (Å²) < 4.78 is 18.4. The normalized spacial score (nSPS) is 31.0. The van der Waals surface area contributed by atoms with Crippen LogP contribution in [0.25, 0.3) is 0 Å². The lowest BCUT2D eigenvalue weighted by atomic mass is 9.56. The SMILES string of the molecule is CCOC(=O)C12C(=O)OC3=C(CCCC3)C1CC(O[Si](C)(C)C(C)(C)C)=C1CCCC12. The van der Waals surface area contributed by atoms with Crippen molar-refractivity contribution < 1.29 is 23.5 Å². The van der Waals surface area contributed by atoms with Crippen LogP contribution in [0.15, 0.2) is 22.7 Å². The molecule has 1 fully saturated rings. The molecule has 0 bridgehead atoms. The average Bonchev–Trinajstić information content (AvgIpc) is 3.17. The number of carbonyl (C=O) groups excluding carboxylic acids is 2. The molecule has 5 nitrogen and oxygen atoms in total. The molecule has 0 amide bonds. The first-order chi connectivity index (χ1) is 14.5. The van der Waals surface area contributed by atoms with Crippen LogP contribution in [-0.4, -0.2) is 26.9 Å². The number of hydrogen-bond acceptors (Lipinski definition) is 5. The Morgan fingerprint density at radius 1 is 1.10 bits per heavy atom. The zero-order chi connectivity index (χ0) is 22.6. The third-order valence-electron chi connectivity index (χ3n) is 8.44. The van der Waals surface area contributed by atoms with Crippen LogP contribution < -0.4 is 0 Å². The fraction of sp³-hybridized carbons (Fsp3) is 0.760. The fourth-order valence-electron chi connectivity index (χ4n) is 5.85. The largest absolute Gasteiger partial charge is 0.547 e.